The molecule has 1 spiro atoms. The number of fused-ring (bicyclic) bond motifs is 4. The van der Waals surface area contributed by atoms with Gasteiger partial charge in [-0.1, -0.05) is 38.4 Å². The van der Waals surface area contributed by atoms with Crippen molar-refractivity contribution in [2.24, 2.45) is 16.7 Å². The Hall–Kier alpha value is -1.35. The number of Topliss-reactive ketones (excluding diaryl/α,β-unsaturated/α-hetero) is 2. The topological polar surface area (TPSA) is 37.4 Å². The molecule has 0 unspecified atom stereocenters. The van der Waals surface area contributed by atoms with Crippen LogP contribution in [0.25, 0.3) is 0 Å². The van der Waals surface area contributed by atoms with E-state index in [9.17, 15) is 9.59 Å². The number of benzene rings is 1. The zero-order chi connectivity index (χ0) is 18.0. The molecular weight excluding hydrogens is 334 g/mol. The van der Waals surface area contributed by atoms with Crippen LogP contribution in [0.15, 0.2) is 18.2 Å². The highest BCUT2D eigenvalue weighted by Crippen LogP contribution is 2.52. The number of piperidine rings is 1. The van der Waals surface area contributed by atoms with Crippen LogP contribution in [-0.2, 0) is 16.0 Å². The van der Waals surface area contributed by atoms with Crippen LogP contribution < -0.4 is 4.90 Å². The molecule has 1 aromatic rings. The number of carbonyl (C=O) groups excluding carboxylic acids is 2. The summed E-state index contributed by atoms with van der Waals surface area (Å²) < 4.78 is 0. The molecule has 0 bridgehead atoms. The summed E-state index contributed by atoms with van der Waals surface area (Å²) in [7, 11) is 0. The number of hydrogen-bond acceptors (Lipinski definition) is 3. The number of anilines is 1. The number of carbonyl (C=O) groups is 2. The first kappa shape index (κ1) is 17.1. The van der Waals surface area contributed by atoms with Crippen molar-refractivity contribution in [1.29, 1.82) is 0 Å². The van der Waals surface area contributed by atoms with Gasteiger partial charge in [0.1, 0.15) is 17.0 Å². The highest BCUT2D eigenvalue weighted by molar-refractivity contribution is 6.31. The van der Waals surface area contributed by atoms with Gasteiger partial charge in [-0.3, -0.25) is 9.59 Å². The van der Waals surface area contributed by atoms with Crippen LogP contribution in [0.5, 0.6) is 0 Å². The molecule has 1 saturated carbocycles. The standard InChI is InChI=1S/C21H26ClNO2/c1-13-6-7-23-16-9-15(22)5-4-14(16)10-21(17(23)8-13)18(24)11-20(2,3)12-19(21)25/h4-5,9,13,17H,6-8,10-12H2,1-3H3/t13-,17-/m1/s1. The second-order valence-electron chi connectivity index (χ2n) is 9.12. The summed E-state index contributed by atoms with van der Waals surface area (Å²) in [5.74, 6) is 0.839. The molecule has 4 rings (SSSR count). The van der Waals surface area contributed by atoms with Gasteiger partial charge < -0.3 is 4.90 Å². The number of hydrogen-bond donors (Lipinski definition) is 0. The van der Waals surface area contributed by atoms with Crippen molar-refractivity contribution in [1.82, 2.24) is 0 Å². The highest BCUT2D eigenvalue weighted by atomic mass is 35.5. The third kappa shape index (κ3) is 2.54. The fraction of sp³-hybridized carbons (Fsp3) is 0.619. The van der Waals surface area contributed by atoms with Crippen molar-refractivity contribution in [3.05, 3.63) is 28.8 Å². The van der Waals surface area contributed by atoms with Crippen LogP contribution in [0.3, 0.4) is 0 Å². The van der Waals surface area contributed by atoms with Crippen LogP contribution in [0.2, 0.25) is 5.02 Å². The summed E-state index contributed by atoms with van der Waals surface area (Å²) in [5.41, 5.74) is 1.15. The van der Waals surface area contributed by atoms with E-state index in [0.29, 0.717) is 25.2 Å². The Morgan fingerprint density at radius 1 is 1.12 bits per heavy atom. The predicted octanol–water partition coefficient (Wildman–Crippen LogP) is 4.45. The minimum atomic E-state index is -0.856. The summed E-state index contributed by atoms with van der Waals surface area (Å²) in [5, 5.41) is 0.717. The van der Waals surface area contributed by atoms with E-state index in [1.165, 1.54) is 0 Å². The Balaban J connectivity index is 1.86. The number of nitrogens with zero attached hydrogens (tertiary/aromatic N) is 1. The lowest BCUT2D eigenvalue weighted by Gasteiger charge is -2.55. The van der Waals surface area contributed by atoms with E-state index >= 15 is 0 Å². The van der Waals surface area contributed by atoms with E-state index in [1.54, 1.807) is 0 Å². The zero-order valence-corrected chi connectivity index (χ0v) is 16.0. The molecule has 3 nitrogen and oxygen atoms in total. The van der Waals surface area contributed by atoms with Crippen LogP contribution in [-0.4, -0.2) is 24.2 Å². The van der Waals surface area contributed by atoms with Crippen molar-refractivity contribution in [2.45, 2.75) is 58.9 Å². The summed E-state index contributed by atoms with van der Waals surface area (Å²) in [6.07, 6.45) is 3.54. The summed E-state index contributed by atoms with van der Waals surface area (Å²) in [6.45, 7) is 7.20. The number of halogens is 1. The van der Waals surface area contributed by atoms with Crippen LogP contribution in [0, 0.1) is 16.7 Å². The van der Waals surface area contributed by atoms with Gasteiger partial charge in [-0.25, -0.2) is 0 Å². The quantitative estimate of drug-likeness (QED) is 0.642. The molecule has 2 aliphatic heterocycles. The molecule has 0 radical (unpaired) electrons. The molecule has 25 heavy (non-hydrogen) atoms. The Labute approximate surface area is 154 Å². The fourth-order valence-corrected chi connectivity index (χ4v) is 5.41. The second kappa shape index (κ2) is 5.57. The largest absolute Gasteiger partial charge is 0.367 e. The average Bonchev–Trinajstić information content (AvgIpc) is 2.51. The molecule has 1 aromatic carbocycles. The maximum Gasteiger partial charge on any atom is 0.149 e. The van der Waals surface area contributed by atoms with E-state index in [1.807, 2.05) is 32.0 Å². The van der Waals surface area contributed by atoms with E-state index in [2.05, 4.69) is 11.8 Å². The van der Waals surface area contributed by atoms with Gasteiger partial charge in [0.25, 0.3) is 0 Å². The average molecular weight is 360 g/mol. The van der Waals surface area contributed by atoms with Gasteiger partial charge >= 0.3 is 0 Å². The molecule has 2 atom stereocenters. The third-order valence-electron chi connectivity index (χ3n) is 6.53. The van der Waals surface area contributed by atoms with Gasteiger partial charge in [0.15, 0.2) is 0 Å². The van der Waals surface area contributed by atoms with Crippen molar-refractivity contribution in [3.63, 3.8) is 0 Å². The van der Waals surface area contributed by atoms with E-state index in [-0.39, 0.29) is 23.0 Å². The molecule has 1 saturated heterocycles. The third-order valence-corrected chi connectivity index (χ3v) is 6.77. The molecule has 134 valence electrons. The monoisotopic (exact) mass is 359 g/mol. The Morgan fingerprint density at radius 2 is 1.80 bits per heavy atom. The first-order valence-corrected chi connectivity index (χ1v) is 9.72. The van der Waals surface area contributed by atoms with Gasteiger partial charge in [0.2, 0.25) is 0 Å². The minimum absolute atomic E-state index is 0.0154. The zero-order valence-electron chi connectivity index (χ0n) is 15.3. The van der Waals surface area contributed by atoms with Crippen molar-refractivity contribution in [3.8, 4) is 0 Å². The fourth-order valence-electron chi connectivity index (χ4n) is 5.24. The maximum atomic E-state index is 13.4. The Bertz CT molecular complexity index is 734. The van der Waals surface area contributed by atoms with Gasteiger partial charge in [0.05, 0.1) is 0 Å². The van der Waals surface area contributed by atoms with Gasteiger partial charge in [-0.2, -0.15) is 0 Å². The lowest BCUT2D eigenvalue weighted by atomic mass is 9.55. The molecular formula is C21H26ClNO2. The molecule has 1 aliphatic carbocycles. The predicted molar refractivity (Wildman–Crippen MR) is 100 cm³/mol. The lowest BCUT2D eigenvalue weighted by molar-refractivity contribution is -0.151. The molecule has 2 fully saturated rings. The van der Waals surface area contributed by atoms with Gasteiger partial charge in [-0.15, -0.1) is 0 Å². The number of rotatable bonds is 0. The van der Waals surface area contributed by atoms with Gasteiger partial charge in [-0.05, 0) is 48.3 Å². The SMILES string of the molecule is C[C@@H]1CCN2c3cc(Cl)ccc3CC3(C(=O)CC(C)(C)CC3=O)[C@H]2C1. The Morgan fingerprint density at radius 3 is 2.48 bits per heavy atom. The second-order valence-corrected chi connectivity index (χ2v) is 9.56. The minimum Gasteiger partial charge on any atom is -0.367 e. The summed E-state index contributed by atoms with van der Waals surface area (Å²) in [6, 6.07) is 5.88. The van der Waals surface area contributed by atoms with Gasteiger partial charge in [0, 0.05) is 36.1 Å². The molecule has 0 aromatic heterocycles. The van der Waals surface area contributed by atoms with Crippen molar-refractivity contribution >= 4 is 28.9 Å². The normalized spacial score (nSPS) is 30.2. The van der Waals surface area contributed by atoms with E-state index in [0.717, 1.165) is 35.7 Å². The highest BCUT2D eigenvalue weighted by Gasteiger charge is 2.60. The summed E-state index contributed by atoms with van der Waals surface area (Å²) >= 11 is 6.25. The smallest absolute Gasteiger partial charge is 0.149 e. The molecule has 0 amide bonds. The molecule has 4 heteroatoms. The first-order chi connectivity index (χ1) is 11.7. The molecule has 2 heterocycles. The lowest BCUT2D eigenvalue weighted by Crippen LogP contribution is -2.65. The first-order valence-electron chi connectivity index (χ1n) is 9.35. The Kier molecular flexibility index (Phi) is 3.81. The van der Waals surface area contributed by atoms with Crippen molar-refractivity contribution < 1.29 is 9.59 Å². The van der Waals surface area contributed by atoms with E-state index < -0.39 is 5.41 Å². The van der Waals surface area contributed by atoms with Crippen LogP contribution in [0.1, 0.15) is 52.0 Å². The van der Waals surface area contributed by atoms with Crippen molar-refractivity contribution in [2.75, 3.05) is 11.4 Å². The van der Waals surface area contributed by atoms with E-state index in [4.69, 9.17) is 11.6 Å². The maximum absolute atomic E-state index is 13.4. The summed E-state index contributed by atoms with van der Waals surface area (Å²) in [4.78, 5) is 29.0. The number of ketones is 2. The van der Waals surface area contributed by atoms with Crippen LogP contribution in [0.4, 0.5) is 5.69 Å². The molecule has 0 N–H and O–H groups in total. The van der Waals surface area contributed by atoms with Crippen LogP contribution >= 0.6 is 11.6 Å². The molecule has 3 aliphatic rings.